The van der Waals surface area contributed by atoms with Gasteiger partial charge in [0, 0.05) is 12.6 Å². The number of nitrogens with one attached hydrogen (secondary N) is 1. The van der Waals surface area contributed by atoms with Crippen molar-refractivity contribution < 1.29 is 22.7 Å². The van der Waals surface area contributed by atoms with E-state index in [2.05, 4.69) is 20.0 Å². The molecule has 0 saturated heterocycles. The van der Waals surface area contributed by atoms with Crippen LogP contribution in [-0.4, -0.2) is 35.3 Å². The van der Waals surface area contributed by atoms with Gasteiger partial charge in [-0.1, -0.05) is 11.8 Å². The van der Waals surface area contributed by atoms with Crippen molar-refractivity contribution in [3.05, 3.63) is 11.9 Å². The summed E-state index contributed by atoms with van der Waals surface area (Å²) in [5, 5.41) is 2.74. The summed E-state index contributed by atoms with van der Waals surface area (Å²) in [5.74, 6) is -1.83. The van der Waals surface area contributed by atoms with Gasteiger partial charge in [-0.2, -0.15) is 13.2 Å². The second-order valence-corrected chi connectivity index (χ2v) is 4.30. The first-order valence-corrected chi connectivity index (χ1v) is 6.25. The summed E-state index contributed by atoms with van der Waals surface area (Å²) >= 11 is 0.858. The van der Waals surface area contributed by atoms with E-state index in [1.54, 1.807) is 6.92 Å². The maximum Gasteiger partial charge on any atom is 0.451 e. The molecule has 0 saturated carbocycles. The van der Waals surface area contributed by atoms with Crippen LogP contribution in [0.15, 0.2) is 11.1 Å². The second kappa shape index (κ2) is 6.60. The van der Waals surface area contributed by atoms with Gasteiger partial charge >= 0.3 is 12.1 Å². The van der Waals surface area contributed by atoms with E-state index >= 15 is 0 Å². The molecule has 1 aromatic rings. The van der Waals surface area contributed by atoms with E-state index < -0.39 is 18.0 Å². The van der Waals surface area contributed by atoms with Crippen LogP contribution in [-0.2, 0) is 15.7 Å². The lowest BCUT2D eigenvalue weighted by molar-refractivity contribution is -0.145. The van der Waals surface area contributed by atoms with Crippen LogP contribution in [0.1, 0.15) is 12.7 Å². The molecule has 0 aliphatic rings. The van der Waals surface area contributed by atoms with Gasteiger partial charge in [-0.3, -0.25) is 4.79 Å². The number of methoxy groups -OCH3 is 1. The smallest absolute Gasteiger partial charge is 0.451 e. The predicted octanol–water partition coefficient (Wildman–Crippen LogP) is 2.19. The summed E-state index contributed by atoms with van der Waals surface area (Å²) in [6, 6.07) is 1.35. The molecule has 19 heavy (non-hydrogen) atoms. The Kier molecular flexibility index (Phi) is 5.40. The molecule has 0 bridgehead atoms. The highest BCUT2D eigenvalue weighted by molar-refractivity contribution is 7.99. The molecule has 0 aliphatic heterocycles. The highest BCUT2D eigenvalue weighted by atomic mass is 32.2. The summed E-state index contributed by atoms with van der Waals surface area (Å²) < 4.78 is 42.2. The summed E-state index contributed by atoms with van der Waals surface area (Å²) in [4.78, 5) is 17.7. The fourth-order valence-corrected chi connectivity index (χ4v) is 1.82. The molecule has 0 radical (unpaired) electrons. The monoisotopic (exact) mass is 295 g/mol. The molecule has 9 heteroatoms. The van der Waals surface area contributed by atoms with Crippen LogP contribution in [0, 0.1) is 0 Å². The zero-order valence-corrected chi connectivity index (χ0v) is 11.1. The molecule has 1 aromatic heterocycles. The first kappa shape index (κ1) is 15.5. The predicted molar refractivity (Wildman–Crippen MR) is 63.9 cm³/mol. The summed E-state index contributed by atoms with van der Waals surface area (Å²) in [6.07, 6.45) is -4.63. The molecule has 0 aliphatic carbocycles. The first-order chi connectivity index (χ1) is 8.86. The molecule has 5 nitrogen and oxygen atoms in total. The Hall–Kier alpha value is -1.51. The fourth-order valence-electron chi connectivity index (χ4n) is 1.09. The van der Waals surface area contributed by atoms with Crippen LogP contribution >= 0.6 is 11.8 Å². The topological polar surface area (TPSA) is 64.1 Å². The van der Waals surface area contributed by atoms with Crippen molar-refractivity contribution in [1.29, 1.82) is 0 Å². The van der Waals surface area contributed by atoms with Crippen molar-refractivity contribution in [3.8, 4) is 0 Å². The van der Waals surface area contributed by atoms with Gasteiger partial charge in [-0.25, -0.2) is 9.97 Å². The maximum atomic E-state index is 12.6. The van der Waals surface area contributed by atoms with Crippen LogP contribution in [0.4, 0.5) is 19.0 Å². The normalized spacial score (nSPS) is 11.2. The van der Waals surface area contributed by atoms with Gasteiger partial charge < -0.3 is 10.1 Å². The third kappa shape index (κ3) is 4.93. The average Bonchev–Trinajstić information content (AvgIpc) is 2.35. The lowest BCUT2D eigenvalue weighted by Gasteiger charge is -2.10. The summed E-state index contributed by atoms with van der Waals surface area (Å²) in [6.45, 7) is 2.16. The third-order valence-electron chi connectivity index (χ3n) is 1.88. The number of alkyl halides is 3. The average molecular weight is 295 g/mol. The number of esters is 1. The Morgan fingerprint density at radius 3 is 2.68 bits per heavy atom. The van der Waals surface area contributed by atoms with E-state index in [9.17, 15) is 18.0 Å². The quantitative estimate of drug-likeness (QED) is 0.510. The van der Waals surface area contributed by atoms with Gasteiger partial charge in [-0.05, 0) is 6.92 Å². The van der Waals surface area contributed by atoms with Gasteiger partial charge in [0.25, 0.3) is 0 Å². The number of carbonyl (C=O) groups is 1. The van der Waals surface area contributed by atoms with Gasteiger partial charge in [0.2, 0.25) is 5.82 Å². The molecular weight excluding hydrogens is 283 g/mol. The van der Waals surface area contributed by atoms with Gasteiger partial charge in [0.1, 0.15) is 10.8 Å². The highest BCUT2D eigenvalue weighted by Crippen LogP contribution is 2.29. The van der Waals surface area contributed by atoms with Crippen molar-refractivity contribution in [2.24, 2.45) is 0 Å². The van der Waals surface area contributed by atoms with Crippen LogP contribution < -0.4 is 5.32 Å². The molecule has 0 spiro atoms. The molecule has 0 atom stereocenters. The van der Waals surface area contributed by atoms with Crippen LogP contribution in [0.5, 0.6) is 0 Å². The van der Waals surface area contributed by atoms with Crippen molar-refractivity contribution in [3.63, 3.8) is 0 Å². The summed E-state index contributed by atoms with van der Waals surface area (Å²) in [7, 11) is 1.20. The van der Waals surface area contributed by atoms with E-state index in [1.165, 1.54) is 13.2 Å². The van der Waals surface area contributed by atoms with Crippen molar-refractivity contribution in [2.45, 2.75) is 18.1 Å². The number of aromatic nitrogens is 2. The minimum absolute atomic E-state index is 0.0590. The van der Waals surface area contributed by atoms with Gasteiger partial charge in [0.05, 0.1) is 12.9 Å². The van der Waals surface area contributed by atoms with E-state index in [-0.39, 0.29) is 16.6 Å². The number of hydrogen-bond acceptors (Lipinski definition) is 6. The molecular formula is C10H12F3N3O2S. The Balaban J connectivity index is 2.96. The fraction of sp³-hybridized carbons (Fsp3) is 0.500. The Morgan fingerprint density at radius 1 is 1.47 bits per heavy atom. The number of hydrogen-bond donors (Lipinski definition) is 1. The van der Waals surface area contributed by atoms with Gasteiger partial charge in [-0.15, -0.1) is 0 Å². The number of halogens is 3. The van der Waals surface area contributed by atoms with Crippen molar-refractivity contribution in [1.82, 2.24) is 9.97 Å². The van der Waals surface area contributed by atoms with E-state index in [4.69, 9.17) is 0 Å². The van der Waals surface area contributed by atoms with E-state index in [0.29, 0.717) is 6.54 Å². The number of rotatable bonds is 5. The first-order valence-electron chi connectivity index (χ1n) is 5.26. The zero-order chi connectivity index (χ0) is 14.5. The number of anilines is 1. The Labute approximate surface area is 112 Å². The zero-order valence-electron chi connectivity index (χ0n) is 10.2. The highest BCUT2D eigenvalue weighted by Gasteiger charge is 2.35. The second-order valence-electron chi connectivity index (χ2n) is 3.31. The van der Waals surface area contributed by atoms with Crippen LogP contribution in [0.3, 0.4) is 0 Å². The molecule has 1 rings (SSSR count). The molecule has 106 valence electrons. The lowest BCUT2D eigenvalue weighted by Crippen LogP contribution is -2.14. The third-order valence-corrected chi connectivity index (χ3v) is 2.76. The number of nitrogens with zero attached hydrogens (tertiary/aromatic N) is 2. The lowest BCUT2D eigenvalue weighted by atomic mass is 10.5. The molecule has 0 unspecified atom stereocenters. The number of carbonyl (C=O) groups excluding carboxylic acids is 1. The molecule has 0 fully saturated rings. The van der Waals surface area contributed by atoms with Crippen LogP contribution in [0.2, 0.25) is 0 Å². The Bertz CT molecular complexity index is 454. The molecule has 0 aromatic carbocycles. The summed E-state index contributed by atoms with van der Waals surface area (Å²) in [5.41, 5.74) is 0. The number of thioether (sulfide) groups is 1. The molecule has 1 N–H and O–H groups in total. The van der Waals surface area contributed by atoms with Crippen LogP contribution in [0.25, 0.3) is 0 Å². The van der Waals surface area contributed by atoms with Crippen molar-refractivity contribution >= 4 is 23.5 Å². The standard InChI is InChI=1S/C10H12F3N3O2S/c1-3-14-6-4-7(19-5-8(17)18-2)16-9(15-6)10(11,12)13/h4H,3,5H2,1-2H3,(H,14,15,16). The molecule has 1 heterocycles. The Morgan fingerprint density at radius 2 is 2.16 bits per heavy atom. The maximum absolute atomic E-state index is 12.6. The minimum Gasteiger partial charge on any atom is -0.468 e. The SMILES string of the molecule is CCNc1cc(SCC(=O)OC)nc(C(F)(F)F)n1. The minimum atomic E-state index is -4.63. The van der Waals surface area contributed by atoms with E-state index in [0.717, 1.165) is 11.8 Å². The van der Waals surface area contributed by atoms with Crippen molar-refractivity contribution in [2.75, 3.05) is 24.7 Å². The number of ether oxygens (including phenoxy) is 1. The van der Waals surface area contributed by atoms with Gasteiger partial charge in [0.15, 0.2) is 0 Å². The largest absolute Gasteiger partial charge is 0.468 e. The molecule has 0 amide bonds. The van der Waals surface area contributed by atoms with E-state index in [1.807, 2.05) is 0 Å².